The van der Waals surface area contributed by atoms with E-state index in [1.165, 1.54) is 11.8 Å². The third kappa shape index (κ3) is 5.82. The molecule has 3 aromatic heterocycles. The van der Waals surface area contributed by atoms with Crippen LogP contribution in [0.15, 0.2) is 70.6 Å². The van der Waals surface area contributed by atoms with Gasteiger partial charge in [-0.3, -0.25) is 9.36 Å². The molecule has 0 aliphatic rings. The number of hydrogen-bond donors (Lipinski definition) is 1. The molecular formula is C21H17Cl2N5O3S. The maximum Gasteiger partial charge on any atom is 0.234 e. The molecule has 11 heteroatoms. The summed E-state index contributed by atoms with van der Waals surface area (Å²) in [4.78, 5) is 16.3. The van der Waals surface area contributed by atoms with Gasteiger partial charge in [0.25, 0.3) is 0 Å². The largest absolute Gasteiger partial charge is 0.486 e. The Morgan fingerprint density at radius 1 is 1.12 bits per heavy atom. The number of thioether (sulfide) groups is 1. The van der Waals surface area contributed by atoms with Crippen molar-refractivity contribution in [3.8, 4) is 5.75 Å². The number of hydrogen-bond acceptors (Lipinski definition) is 7. The SMILES string of the molecule is O=C(CSc1nnc(COc2ccc(Cl)cc2)n1Cc1ccco1)Nc1cccnc1Cl. The second kappa shape index (κ2) is 10.5. The molecule has 4 rings (SSSR count). The van der Waals surface area contributed by atoms with Gasteiger partial charge in [0.1, 0.15) is 18.1 Å². The molecule has 1 aromatic carbocycles. The number of carbonyl (C=O) groups excluding carboxylic acids is 1. The van der Waals surface area contributed by atoms with Crippen LogP contribution in [0, 0.1) is 0 Å². The van der Waals surface area contributed by atoms with E-state index in [1.54, 1.807) is 48.9 Å². The van der Waals surface area contributed by atoms with Crippen LogP contribution in [0.2, 0.25) is 10.2 Å². The lowest BCUT2D eigenvalue weighted by molar-refractivity contribution is -0.113. The maximum atomic E-state index is 12.4. The number of aromatic nitrogens is 4. The molecule has 4 aromatic rings. The molecule has 1 N–H and O–H groups in total. The van der Waals surface area contributed by atoms with Crippen LogP contribution in [-0.4, -0.2) is 31.4 Å². The minimum Gasteiger partial charge on any atom is -0.486 e. The highest BCUT2D eigenvalue weighted by Crippen LogP contribution is 2.23. The first-order valence-electron chi connectivity index (χ1n) is 9.44. The Morgan fingerprint density at radius 2 is 1.97 bits per heavy atom. The standard InChI is InChI=1S/C21H17Cl2N5O3S/c22-14-5-7-15(8-6-14)31-12-18-26-27-21(28(18)11-16-3-2-10-30-16)32-13-19(29)25-17-4-1-9-24-20(17)23/h1-10H,11-13H2,(H,25,29). The summed E-state index contributed by atoms with van der Waals surface area (Å²) in [6.45, 7) is 0.588. The molecule has 3 heterocycles. The molecule has 0 unspecified atom stereocenters. The molecule has 0 saturated heterocycles. The fourth-order valence-electron chi connectivity index (χ4n) is 2.72. The second-order valence-electron chi connectivity index (χ2n) is 6.49. The number of halogens is 2. The first-order chi connectivity index (χ1) is 15.6. The predicted molar refractivity (Wildman–Crippen MR) is 122 cm³/mol. The first-order valence-corrected chi connectivity index (χ1v) is 11.2. The van der Waals surface area contributed by atoms with Gasteiger partial charge in [0.05, 0.1) is 24.2 Å². The lowest BCUT2D eigenvalue weighted by Crippen LogP contribution is -2.15. The minimum absolute atomic E-state index is 0.111. The first kappa shape index (κ1) is 22.2. The Kier molecular flexibility index (Phi) is 7.31. The number of carbonyl (C=O) groups is 1. The summed E-state index contributed by atoms with van der Waals surface area (Å²) in [5.74, 6) is 1.85. The quantitative estimate of drug-likeness (QED) is 0.263. The van der Waals surface area contributed by atoms with Crippen LogP contribution in [0.1, 0.15) is 11.6 Å². The Labute approximate surface area is 197 Å². The number of furan rings is 1. The van der Waals surface area contributed by atoms with Crippen molar-refractivity contribution in [3.05, 3.63) is 82.8 Å². The van der Waals surface area contributed by atoms with Gasteiger partial charge in [0, 0.05) is 11.2 Å². The maximum absolute atomic E-state index is 12.4. The third-order valence-electron chi connectivity index (χ3n) is 4.23. The number of nitrogens with one attached hydrogen (secondary N) is 1. The summed E-state index contributed by atoms with van der Waals surface area (Å²) in [5.41, 5.74) is 0.453. The fraction of sp³-hybridized carbons (Fsp3) is 0.143. The van der Waals surface area contributed by atoms with Gasteiger partial charge in [-0.05, 0) is 48.5 Å². The molecule has 0 bridgehead atoms. The number of benzene rings is 1. The van der Waals surface area contributed by atoms with Gasteiger partial charge in [0.15, 0.2) is 16.1 Å². The Morgan fingerprint density at radius 3 is 2.72 bits per heavy atom. The zero-order valence-corrected chi connectivity index (χ0v) is 18.9. The van der Waals surface area contributed by atoms with Crippen LogP contribution in [0.5, 0.6) is 5.75 Å². The molecule has 164 valence electrons. The van der Waals surface area contributed by atoms with E-state index in [2.05, 4.69) is 20.5 Å². The van der Waals surface area contributed by atoms with Crippen molar-refractivity contribution < 1.29 is 13.9 Å². The normalized spacial score (nSPS) is 10.8. The van der Waals surface area contributed by atoms with Crippen LogP contribution in [-0.2, 0) is 17.9 Å². The van der Waals surface area contributed by atoms with Crippen LogP contribution >= 0.6 is 35.0 Å². The van der Waals surface area contributed by atoms with Crippen LogP contribution in [0.4, 0.5) is 5.69 Å². The Balaban J connectivity index is 1.45. The van der Waals surface area contributed by atoms with E-state index < -0.39 is 0 Å². The summed E-state index contributed by atoms with van der Waals surface area (Å²) in [5, 5.41) is 12.6. The average molecular weight is 490 g/mol. The van der Waals surface area contributed by atoms with Crippen molar-refractivity contribution in [1.82, 2.24) is 19.7 Å². The molecule has 0 aliphatic carbocycles. The minimum atomic E-state index is -0.239. The fourth-order valence-corrected chi connectivity index (χ4v) is 3.77. The average Bonchev–Trinajstić information content (AvgIpc) is 3.44. The number of pyridine rings is 1. The van der Waals surface area contributed by atoms with Crippen molar-refractivity contribution in [2.24, 2.45) is 0 Å². The Bertz CT molecular complexity index is 1180. The topological polar surface area (TPSA) is 95.1 Å². The van der Waals surface area contributed by atoms with Gasteiger partial charge in [-0.2, -0.15) is 0 Å². The van der Waals surface area contributed by atoms with Gasteiger partial charge in [-0.15, -0.1) is 10.2 Å². The number of ether oxygens (including phenoxy) is 1. The summed E-state index contributed by atoms with van der Waals surface area (Å²) >= 11 is 13.2. The van der Waals surface area contributed by atoms with E-state index in [9.17, 15) is 4.79 Å². The van der Waals surface area contributed by atoms with Crippen molar-refractivity contribution >= 4 is 46.6 Å². The molecule has 8 nitrogen and oxygen atoms in total. The van der Waals surface area contributed by atoms with Crippen LogP contribution < -0.4 is 10.1 Å². The molecule has 0 spiro atoms. The summed E-state index contributed by atoms with van der Waals surface area (Å²) < 4.78 is 13.1. The van der Waals surface area contributed by atoms with E-state index in [1.807, 2.05) is 16.7 Å². The molecule has 0 saturated carbocycles. The summed E-state index contributed by atoms with van der Waals surface area (Å²) in [6, 6.07) is 14.1. The van der Waals surface area contributed by atoms with Crippen molar-refractivity contribution in [3.63, 3.8) is 0 Å². The molecule has 0 fully saturated rings. The third-order valence-corrected chi connectivity index (χ3v) is 5.75. The molecule has 0 aliphatic heterocycles. The van der Waals surface area contributed by atoms with Gasteiger partial charge < -0.3 is 14.5 Å². The zero-order valence-electron chi connectivity index (χ0n) is 16.6. The van der Waals surface area contributed by atoms with Crippen molar-refractivity contribution in [2.75, 3.05) is 11.1 Å². The van der Waals surface area contributed by atoms with E-state index >= 15 is 0 Å². The van der Waals surface area contributed by atoms with Gasteiger partial charge in [0.2, 0.25) is 5.91 Å². The lowest BCUT2D eigenvalue weighted by Gasteiger charge is -2.10. The number of rotatable bonds is 9. The number of amides is 1. The van der Waals surface area contributed by atoms with E-state index in [4.69, 9.17) is 32.4 Å². The molecular weight excluding hydrogens is 473 g/mol. The predicted octanol–water partition coefficient (Wildman–Crippen LogP) is 4.93. The molecule has 1 amide bonds. The van der Waals surface area contributed by atoms with E-state index in [-0.39, 0.29) is 23.4 Å². The number of anilines is 1. The van der Waals surface area contributed by atoms with Gasteiger partial charge in [-0.1, -0.05) is 35.0 Å². The van der Waals surface area contributed by atoms with E-state index in [0.29, 0.717) is 34.0 Å². The molecule has 0 radical (unpaired) electrons. The summed E-state index contributed by atoms with van der Waals surface area (Å²) in [7, 11) is 0. The smallest absolute Gasteiger partial charge is 0.234 e. The molecule has 0 atom stereocenters. The Hall–Kier alpha value is -3.01. The monoisotopic (exact) mass is 489 g/mol. The summed E-state index contributed by atoms with van der Waals surface area (Å²) in [6.07, 6.45) is 3.15. The van der Waals surface area contributed by atoms with E-state index in [0.717, 1.165) is 5.76 Å². The highest BCUT2D eigenvalue weighted by atomic mass is 35.5. The van der Waals surface area contributed by atoms with Crippen molar-refractivity contribution in [2.45, 2.75) is 18.3 Å². The highest BCUT2D eigenvalue weighted by Gasteiger charge is 2.17. The highest BCUT2D eigenvalue weighted by molar-refractivity contribution is 7.99. The lowest BCUT2D eigenvalue weighted by atomic mass is 10.3. The van der Waals surface area contributed by atoms with Gasteiger partial charge in [-0.25, -0.2) is 4.98 Å². The van der Waals surface area contributed by atoms with Gasteiger partial charge >= 0.3 is 0 Å². The second-order valence-corrected chi connectivity index (χ2v) is 8.22. The molecule has 32 heavy (non-hydrogen) atoms. The van der Waals surface area contributed by atoms with Crippen LogP contribution in [0.25, 0.3) is 0 Å². The van der Waals surface area contributed by atoms with Crippen LogP contribution in [0.3, 0.4) is 0 Å². The van der Waals surface area contributed by atoms with Crippen molar-refractivity contribution in [1.29, 1.82) is 0 Å². The zero-order chi connectivity index (χ0) is 22.3. The number of nitrogens with zero attached hydrogens (tertiary/aromatic N) is 4.